The molecule has 128 valence electrons. The van der Waals surface area contributed by atoms with Crippen LogP contribution in [-0.4, -0.2) is 47.9 Å². The summed E-state index contributed by atoms with van der Waals surface area (Å²) in [6.07, 6.45) is 1.59. The van der Waals surface area contributed by atoms with Crippen molar-refractivity contribution in [2.45, 2.75) is 38.3 Å². The molecule has 2 aliphatic heterocycles. The van der Waals surface area contributed by atoms with Crippen molar-refractivity contribution in [3.8, 4) is 0 Å². The van der Waals surface area contributed by atoms with Gasteiger partial charge in [0.15, 0.2) is 0 Å². The molecule has 2 aliphatic rings. The van der Waals surface area contributed by atoms with Crippen molar-refractivity contribution in [2.24, 2.45) is 0 Å². The molecular weight excluding hydrogens is 315 g/mol. The fourth-order valence-corrected chi connectivity index (χ4v) is 3.20. The maximum absolute atomic E-state index is 13.1. The van der Waals surface area contributed by atoms with Crippen LogP contribution in [-0.2, 0) is 19.1 Å². The van der Waals surface area contributed by atoms with Crippen LogP contribution < -0.4 is 4.90 Å². The number of hydrogen-bond donors (Lipinski definition) is 0. The van der Waals surface area contributed by atoms with Crippen LogP contribution in [0.4, 0.5) is 10.1 Å². The monoisotopic (exact) mass is 334 g/mol. The molecule has 0 aliphatic carbocycles. The summed E-state index contributed by atoms with van der Waals surface area (Å²) >= 11 is 0. The van der Waals surface area contributed by atoms with Gasteiger partial charge in [0.1, 0.15) is 11.9 Å². The summed E-state index contributed by atoms with van der Waals surface area (Å²) in [6.45, 7) is 2.33. The van der Waals surface area contributed by atoms with Crippen LogP contribution in [0.25, 0.3) is 0 Å². The fourth-order valence-electron chi connectivity index (χ4n) is 3.20. The Morgan fingerprint density at radius 3 is 2.62 bits per heavy atom. The topological polar surface area (TPSA) is 66.9 Å². The number of rotatable bonds is 4. The molecule has 2 atom stereocenters. The Morgan fingerprint density at radius 1 is 1.33 bits per heavy atom. The zero-order chi connectivity index (χ0) is 17.3. The summed E-state index contributed by atoms with van der Waals surface area (Å²) in [7, 11) is 0. The molecule has 3 amide bonds. The summed E-state index contributed by atoms with van der Waals surface area (Å²) in [5.41, 5.74) is 0.314. The van der Waals surface area contributed by atoms with Gasteiger partial charge in [-0.25, -0.2) is 9.29 Å². The van der Waals surface area contributed by atoms with Crippen molar-refractivity contribution in [1.82, 2.24) is 4.90 Å². The largest absolute Gasteiger partial charge is 0.376 e. The average molecular weight is 334 g/mol. The minimum Gasteiger partial charge on any atom is -0.376 e. The van der Waals surface area contributed by atoms with Crippen molar-refractivity contribution in [3.05, 3.63) is 30.1 Å². The third kappa shape index (κ3) is 3.17. The second kappa shape index (κ2) is 6.68. The molecule has 0 radical (unpaired) electrons. The molecule has 0 spiro atoms. The van der Waals surface area contributed by atoms with Crippen LogP contribution >= 0.6 is 0 Å². The minimum absolute atomic E-state index is 0.0670. The average Bonchev–Trinajstić information content (AvgIpc) is 3.14. The Hall–Kier alpha value is -2.28. The quantitative estimate of drug-likeness (QED) is 0.783. The molecule has 0 saturated carbocycles. The lowest BCUT2D eigenvalue weighted by Gasteiger charge is -2.28. The van der Waals surface area contributed by atoms with E-state index in [4.69, 9.17) is 4.74 Å². The highest BCUT2D eigenvalue weighted by Gasteiger charge is 2.44. The second-order valence-electron chi connectivity index (χ2n) is 6.07. The Morgan fingerprint density at radius 2 is 2.04 bits per heavy atom. The van der Waals surface area contributed by atoms with E-state index in [0.29, 0.717) is 18.8 Å². The molecule has 0 aromatic heterocycles. The second-order valence-corrected chi connectivity index (χ2v) is 6.07. The van der Waals surface area contributed by atoms with E-state index < -0.39 is 23.7 Å². The molecule has 2 saturated heterocycles. The van der Waals surface area contributed by atoms with E-state index >= 15 is 0 Å². The molecule has 0 unspecified atom stereocenters. The Balaban J connectivity index is 1.80. The van der Waals surface area contributed by atoms with Gasteiger partial charge in [-0.3, -0.25) is 14.4 Å². The first-order valence-corrected chi connectivity index (χ1v) is 7.98. The maximum atomic E-state index is 13.1. The van der Waals surface area contributed by atoms with E-state index in [0.717, 1.165) is 17.7 Å². The van der Waals surface area contributed by atoms with E-state index in [9.17, 15) is 18.8 Å². The third-order valence-corrected chi connectivity index (χ3v) is 4.41. The van der Waals surface area contributed by atoms with Crippen molar-refractivity contribution in [2.75, 3.05) is 18.1 Å². The van der Waals surface area contributed by atoms with Gasteiger partial charge in [0.05, 0.1) is 18.2 Å². The zero-order valence-electron chi connectivity index (χ0n) is 13.4. The van der Waals surface area contributed by atoms with Crippen molar-refractivity contribution in [3.63, 3.8) is 0 Å². The predicted octanol–water partition coefficient (Wildman–Crippen LogP) is 1.49. The SMILES string of the molecule is CC(=O)N(C[C@@H]1CCCO1)[C@@H]1CC(=O)N(c2ccc(F)cc2)C1=O. The molecule has 0 bridgehead atoms. The molecule has 6 nitrogen and oxygen atoms in total. The van der Waals surface area contributed by atoms with E-state index in [-0.39, 0.29) is 18.4 Å². The number of hydrogen-bond acceptors (Lipinski definition) is 4. The van der Waals surface area contributed by atoms with Crippen molar-refractivity contribution in [1.29, 1.82) is 0 Å². The van der Waals surface area contributed by atoms with Gasteiger partial charge in [-0.15, -0.1) is 0 Å². The standard InChI is InChI=1S/C17H19FN2O4/c1-11(21)19(10-14-3-2-8-24-14)15-9-16(22)20(17(15)23)13-6-4-12(18)5-7-13/h4-7,14-15H,2-3,8-10H2,1H3/t14-,15+/m0/s1. The van der Waals surface area contributed by atoms with Gasteiger partial charge in [-0.1, -0.05) is 0 Å². The zero-order valence-corrected chi connectivity index (χ0v) is 13.4. The van der Waals surface area contributed by atoms with Gasteiger partial charge < -0.3 is 9.64 Å². The lowest BCUT2D eigenvalue weighted by atomic mass is 10.1. The maximum Gasteiger partial charge on any atom is 0.257 e. The van der Waals surface area contributed by atoms with Crippen LogP contribution in [0.15, 0.2) is 24.3 Å². The predicted molar refractivity (Wildman–Crippen MR) is 83.7 cm³/mol. The molecule has 1 aromatic carbocycles. The highest BCUT2D eigenvalue weighted by molar-refractivity contribution is 6.22. The first kappa shape index (κ1) is 16.6. The summed E-state index contributed by atoms with van der Waals surface area (Å²) in [5, 5.41) is 0. The Labute approximate surface area is 139 Å². The van der Waals surface area contributed by atoms with E-state index in [1.54, 1.807) is 0 Å². The number of anilines is 1. The molecule has 2 fully saturated rings. The molecule has 0 N–H and O–H groups in total. The minimum atomic E-state index is -0.829. The third-order valence-electron chi connectivity index (χ3n) is 4.41. The summed E-state index contributed by atoms with van der Waals surface area (Å²) in [4.78, 5) is 39.4. The highest BCUT2D eigenvalue weighted by atomic mass is 19.1. The van der Waals surface area contributed by atoms with Crippen LogP contribution in [0.1, 0.15) is 26.2 Å². The number of amides is 3. The normalized spacial score (nSPS) is 23.8. The molecule has 24 heavy (non-hydrogen) atoms. The number of imide groups is 1. The van der Waals surface area contributed by atoms with Crippen LogP contribution in [0.5, 0.6) is 0 Å². The van der Waals surface area contributed by atoms with E-state index in [1.165, 1.54) is 36.1 Å². The van der Waals surface area contributed by atoms with Gasteiger partial charge in [-0.05, 0) is 37.1 Å². The number of ether oxygens (including phenoxy) is 1. The fraction of sp³-hybridized carbons (Fsp3) is 0.471. The first-order chi connectivity index (χ1) is 11.5. The van der Waals surface area contributed by atoms with Gasteiger partial charge in [0.25, 0.3) is 5.91 Å². The van der Waals surface area contributed by atoms with Crippen LogP contribution in [0.3, 0.4) is 0 Å². The summed E-state index contributed by atoms with van der Waals surface area (Å²) in [6, 6.07) is 4.32. The van der Waals surface area contributed by atoms with Crippen LogP contribution in [0.2, 0.25) is 0 Å². The number of carbonyl (C=O) groups is 3. The van der Waals surface area contributed by atoms with Gasteiger partial charge in [0, 0.05) is 20.1 Å². The number of nitrogens with zero attached hydrogens (tertiary/aromatic N) is 2. The van der Waals surface area contributed by atoms with Crippen molar-refractivity contribution < 1.29 is 23.5 Å². The molecule has 1 aromatic rings. The van der Waals surface area contributed by atoms with Gasteiger partial charge in [-0.2, -0.15) is 0 Å². The van der Waals surface area contributed by atoms with Gasteiger partial charge in [0.2, 0.25) is 11.8 Å². The van der Waals surface area contributed by atoms with E-state index in [2.05, 4.69) is 0 Å². The lowest BCUT2D eigenvalue weighted by molar-refractivity contribution is -0.138. The molecule has 2 heterocycles. The van der Waals surface area contributed by atoms with Gasteiger partial charge >= 0.3 is 0 Å². The molecule has 7 heteroatoms. The first-order valence-electron chi connectivity index (χ1n) is 7.98. The summed E-state index contributed by atoms with van der Waals surface area (Å²) < 4.78 is 18.6. The van der Waals surface area contributed by atoms with Crippen molar-refractivity contribution >= 4 is 23.4 Å². The Bertz CT molecular complexity index is 655. The number of carbonyl (C=O) groups excluding carboxylic acids is 3. The molecular formula is C17H19FN2O4. The van der Waals surface area contributed by atoms with Crippen LogP contribution in [0, 0.1) is 5.82 Å². The Kier molecular flexibility index (Phi) is 4.62. The smallest absolute Gasteiger partial charge is 0.257 e. The lowest BCUT2D eigenvalue weighted by Crippen LogP contribution is -2.47. The number of benzene rings is 1. The number of halogens is 1. The summed E-state index contributed by atoms with van der Waals surface area (Å²) in [5.74, 6) is -1.56. The molecule has 3 rings (SSSR count). The van der Waals surface area contributed by atoms with E-state index in [1.807, 2.05) is 0 Å². The highest BCUT2D eigenvalue weighted by Crippen LogP contribution is 2.27.